The molecule has 0 atom stereocenters. The summed E-state index contributed by atoms with van der Waals surface area (Å²) in [5, 5.41) is 13.3. The summed E-state index contributed by atoms with van der Waals surface area (Å²) in [5.74, 6) is 2.06. The summed E-state index contributed by atoms with van der Waals surface area (Å²) >= 11 is 18.9. The van der Waals surface area contributed by atoms with E-state index in [9.17, 15) is 0 Å². The van der Waals surface area contributed by atoms with Gasteiger partial charge in [-0.25, -0.2) is 0 Å². The minimum atomic E-state index is 1.03. The molecule has 0 nitrogen and oxygen atoms in total. The maximum atomic E-state index is 2.37. The van der Waals surface area contributed by atoms with Crippen molar-refractivity contribution in [2.75, 3.05) is 0 Å². The van der Waals surface area contributed by atoms with Crippen LogP contribution in [-0.2, 0) is 11.5 Å². The van der Waals surface area contributed by atoms with Crippen molar-refractivity contribution < 1.29 is 0 Å². The van der Waals surface area contributed by atoms with Crippen LogP contribution in [0.15, 0.2) is 82.1 Å². The summed E-state index contributed by atoms with van der Waals surface area (Å²) in [5.41, 5.74) is 2.82. The van der Waals surface area contributed by atoms with Gasteiger partial charge < -0.3 is 0 Å². The van der Waals surface area contributed by atoms with Crippen molar-refractivity contribution in [1.29, 1.82) is 0 Å². The largest absolute Gasteiger partial charge is 0.114 e. The molecule has 1 aromatic carbocycles. The van der Waals surface area contributed by atoms with Crippen LogP contribution in [0.3, 0.4) is 0 Å². The topological polar surface area (TPSA) is 0 Å². The average molecular weight is 575 g/mol. The second kappa shape index (κ2) is 11.5. The summed E-state index contributed by atoms with van der Waals surface area (Å²) in [6.07, 6.45) is 0. The Morgan fingerprint density at radius 1 is 0.567 bits per heavy atom. The average Bonchev–Trinajstić information content (AvgIpc) is 3.57. The third kappa shape index (κ3) is 6.18. The van der Waals surface area contributed by atoms with Crippen molar-refractivity contribution >= 4 is 118 Å². The van der Waals surface area contributed by atoms with E-state index in [2.05, 4.69) is 56.7 Å². The van der Waals surface area contributed by atoms with E-state index >= 15 is 0 Å². The molecule has 0 bridgehead atoms. The van der Waals surface area contributed by atoms with Gasteiger partial charge in [0.1, 0.15) is 0 Å². The van der Waals surface area contributed by atoms with Gasteiger partial charge in [0.05, 0.1) is 25.4 Å². The molecule has 0 amide bonds. The number of hydrogen-bond donors (Lipinski definition) is 0. The molecule has 0 spiro atoms. The van der Waals surface area contributed by atoms with Gasteiger partial charge in [0.25, 0.3) is 0 Å². The first kappa shape index (κ1) is 22.9. The number of benzene rings is 1. The van der Waals surface area contributed by atoms with E-state index in [1.807, 2.05) is 118 Å². The molecule has 4 heterocycles. The zero-order valence-electron chi connectivity index (χ0n) is 15.3. The van der Waals surface area contributed by atoms with E-state index < -0.39 is 0 Å². The van der Waals surface area contributed by atoms with Crippen LogP contribution in [0, 0.1) is 0 Å². The van der Waals surface area contributed by atoms with Crippen molar-refractivity contribution in [3.05, 3.63) is 93.3 Å². The molecule has 0 aromatic heterocycles. The molecule has 10 heteroatoms. The molecule has 4 aliphatic rings. The van der Waals surface area contributed by atoms with Crippen LogP contribution >= 0.6 is 118 Å². The van der Waals surface area contributed by atoms with E-state index in [4.69, 9.17) is 0 Å². The molecule has 0 unspecified atom stereocenters. The van der Waals surface area contributed by atoms with Gasteiger partial charge in [-0.15, -0.1) is 23.5 Å². The van der Waals surface area contributed by atoms with E-state index in [0.29, 0.717) is 0 Å². The quantitative estimate of drug-likeness (QED) is 0.320. The molecular formula is C20H14S10. The van der Waals surface area contributed by atoms with E-state index in [1.165, 1.54) is 36.5 Å². The van der Waals surface area contributed by atoms with Gasteiger partial charge in [0, 0.05) is 11.5 Å². The molecule has 0 saturated carbocycles. The van der Waals surface area contributed by atoms with Crippen molar-refractivity contribution in [3.63, 3.8) is 0 Å². The summed E-state index contributed by atoms with van der Waals surface area (Å²) in [7, 11) is 0. The van der Waals surface area contributed by atoms with E-state index in [1.54, 1.807) is 0 Å². The smallest absolute Gasteiger partial charge is 0.0705 e. The Hall–Kier alpha value is 1.16. The SMILES string of the molecule is C1=CSC(=C2SC=C(SCc3cccc(CSC4=CSC(=C5SC=CS5)S4)c3)S2)S1. The van der Waals surface area contributed by atoms with Crippen molar-refractivity contribution in [2.24, 2.45) is 0 Å². The fourth-order valence-electron chi connectivity index (χ4n) is 2.51. The maximum absolute atomic E-state index is 2.37. The third-order valence-corrected chi connectivity index (χ3v) is 16.7. The van der Waals surface area contributed by atoms with Gasteiger partial charge in [-0.2, -0.15) is 0 Å². The lowest BCUT2D eigenvalue weighted by Crippen LogP contribution is -1.85. The molecule has 0 aliphatic carbocycles. The van der Waals surface area contributed by atoms with Crippen molar-refractivity contribution in [2.45, 2.75) is 11.5 Å². The normalized spacial score (nSPS) is 20.7. The molecule has 5 rings (SSSR count). The Labute approximate surface area is 220 Å². The minimum absolute atomic E-state index is 1.03. The zero-order chi connectivity index (χ0) is 20.2. The molecule has 0 fully saturated rings. The first-order chi connectivity index (χ1) is 14.8. The molecule has 0 N–H and O–H groups in total. The minimum Gasteiger partial charge on any atom is -0.114 e. The lowest BCUT2D eigenvalue weighted by molar-refractivity contribution is 1.34. The zero-order valence-corrected chi connectivity index (χ0v) is 23.4. The summed E-state index contributed by atoms with van der Waals surface area (Å²) in [6, 6.07) is 9.09. The Morgan fingerprint density at radius 2 is 1.03 bits per heavy atom. The highest BCUT2D eigenvalue weighted by Crippen LogP contribution is 2.57. The first-order valence-corrected chi connectivity index (χ1v) is 17.6. The van der Waals surface area contributed by atoms with Crippen LogP contribution in [0.25, 0.3) is 0 Å². The molecular weight excluding hydrogens is 561 g/mol. The van der Waals surface area contributed by atoms with Crippen LogP contribution in [0.1, 0.15) is 11.1 Å². The third-order valence-electron chi connectivity index (χ3n) is 3.81. The summed E-state index contributed by atoms with van der Waals surface area (Å²) in [6.45, 7) is 0. The number of thioether (sulfide) groups is 10. The Morgan fingerprint density at radius 3 is 1.50 bits per heavy atom. The molecule has 0 radical (unpaired) electrons. The number of hydrogen-bond acceptors (Lipinski definition) is 10. The Bertz CT molecular complexity index is 917. The molecule has 4 aliphatic heterocycles. The van der Waals surface area contributed by atoms with Gasteiger partial charge in [0.15, 0.2) is 0 Å². The standard InChI is InChI=1S/C20H14S10/c1-2-13(9-25-15-11-27-19(29-15)17-21-4-5-22-17)8-14(3-1)10-26-16-12-28-20(30-16)18-23-6-7-24-18/h1-8,11-12H,9-10H2. The fraction of sp³-hybridized carbons (Fsp3) is 0.100. The highest BCUT2D eigenvalue weighted by molar-refractivity contribution is 8.38. The van der Waals surface area contributed by atoms with E-state index in [-0.39, 0.29) is 0 Å². The van der Waals surface area contributed by atoms with Crippen LogP contribution in [0.2, 0.25) is 0 Å². The second-order valence-corrected chi connectivity index (χ2v) is 17.0. The highest BCUT2D eigenvalue weighted by atomic mass is 32.2. The molecule has 154 valence electrons. The van der Waals surface area contributed by atoms with Gasteiger partial charge in [0.2, 0.25) is 0 Å². The first-order valence-electron chi connectivity index (χ1n) is 8.71. The van der Waals surface area contributed by atoms with Crippen molar-refractivity contribution in [3.8, 4) is 0 Å². The fourth-order valence-corrected chi connectivity index (χ4v) is 14.1. The molecule has 30 heavy (non-hydrogen) atoms. The van der Waals surface area contributed by atoms with Gasteiger partial charge in [-0.05, 0) is 43.6 Å². The predicted octanol–water partition coefficient (Wildman–Crippen LogP) is 10.9. The number of rotatable bonds is 6. The van der Waals surface area contributed by atoms with Gasteiger partial charge in [-0.1, -0.05) is 118 Å². The van der Waals surface area contributed by atoms with Crippen LogP contribution in [-0.4, -0.2) is 0 Å². The predicted molar refractivity (Wildman–Crippen MR) is 158 cm³/mol. The Balaban J connectivity index is 1.10. The maximum Gasteiger partial charge on any atom is 0.0705 e. The van der Waals surface area contributed by atoms with Crippen LogP contribution in [0.5, 0.6) is 0 Å². The monoisotopic (exact) mass is 574 g/mol. The highest BCUT2D eigenvalue weighted by Gasteiger charge is 2.20. The summed E-state index contributed by atoms with van der Waals surface area (Å²) in [4.78, 5) is 0. The van der Waals surface area contributed by atoms with Crippen molar-refractivity contribution in [1.82, 2.24) is 0 Å². The van der Waals surface area contributed by atoms with Crippen LogP contribution < -0.4 is 0 Å². The van der Waals surface area contributed by atoms with E-state index in [0.717, 1.165) is 11.5 Å². The van der Waals surface area contributed by atoms with Gasteiger partial charge in [-0.3, -0.25) is 0 Å². The molecule has 1 aromatic rings. The second-order valence-electron chi connectivity index (χ2n) is 5.88. The summed E-state index contributed by atoms with van der Waals surface area (Å²) < 4.78 is 8.54. The lowest BCUT2D eigenvalue weighted by Gasteiger charge is -2.07. The molecule has 0 saturated heterocycles. The Kier molecular flexibility index (Phi) is 8.81. The van der Waals surface area contributed by atoms with Gasteiger partial charge >= 0.3 is 0 Å². The lowest BCUT2D eigenvalue weighted by atomic mass is 10.2. The van der Waals surface area contributed by atoms with Crippen LogP contribution in [0.4, 0.5) is 0 Å².